The molecule has 0 radical (unpaired) electrons. The summed E-state index contributed by atoms with van der Waals surface area (Å²) in [6.45, 7) is 1.15. The lowest BCUT2D eigenvalue weighted by atomic mass is 9.97. The largest absolute Gasteiger partial charge is 0.481 e. The summed E-state index contributed by atoms with van der Waals surface area (Å²) in [6, 6.07) is 5.69. The second-order valence-corrected chi connectivity index (χ2v) is 4.98. The SMILES string of the molecule is CC(=O)Oc1ccccc1C(=O)N[C@](CS)(CC(=O)O)C(=O)O. The Morgan fingerprint density at radius 2 is 1.83 bits per heavy atom. The van der Waals surface area contributed by atoms with E-state index in [-0.39, 0.29) is 11.3 Å². The van der Waals surface area contributed by atoms with E-state index in [1.807, 2.05) is 0 Å². The van der Waals surface area contributed by atoms with E-state index in [1.165, 1.54) is 24.3 Å². The van der Waals surface area contributed by atoms with Gasteiger partial charge in [0.1, 0.15) is 5.75 Å². The predicted octanol–water partition coefficient (Wildman–Crippen LogP) is 0.570. The van der Waals surface area contributed by atoms with Gasteiger partial charge in [0.15, 0.2) is 5.54 Å². The van der Waals surface area contributed by atoms with Crippen LogP contribution < -0.4 is 10.1 Å². The van der Waals surface area contributed by atoms with Crippen molar-refractivity contribution in [2.24, 2.45) is 0 Å². The number of benzene rings is 1. The van der Waals surface area contributed by atoms with Crippen molar-refractivity contribution >= 4 is 36.4 Å². The molecule has 0 aliphatic heterocycles. The Kier molecular flexibility index (Phi) is 6.14. The van der Waals surface area contributed by atoms with Crippen molar-refractivity contribution < 1.29 is 34.1 Å². The molecule has 0 saturated heterocycles. The zero-order valence-electron chi connectivity index (χ0n) is 12.1. The van der Waals surface area contributed by atoms with Crippen LogP contribution >= 0.6 is 12.6 Å². The van der Waals surface area contributed by atoms with E-state index in [2.05, 4.69) is 17.9 Å². The first-order chi connectivity index (χ1) is 10.7. The van der Waals surface area contributed by atoms with Crippen LogP contribution in [0.4, 0.5) is 0 Å². The zero-order valence-corrected chi connectivity index (χ0v) is 13.0. The lowest BCUT2D eigenvalue weighted by Gasteiger charge is -2.27. The van der Waals surface area contributed by atoms with Crippen LogP contribution in [0.3, 0.4) is 0 Å². The second kappa shape index (κ2) is 7.63. The first-order valence-corrected chi connectivity index (χ1v) is 7.01. The minimum Gasteiger partial charge on any atom is -0.481 e. The van der Waals surface area contributed by atoms with E-state index in [4.69, 9.17) is 9.84 Å². The fourth-order valence-corrected chi connectivity index (χ4v) is 2.10. The van der Waals surface area contributed by atoms with Gasteiger partial charge in [0.2, 0.25) is 0 Å². The molecule has 0 heterocycles. The Morgan fingerprint density at radius 3 is 2.30 bits per heavy atom. The number of carbonyl (C=O) groups excluding carboxylic acids is 2. The number of carboxylic acids is 2. The number of nitrogens with one attached hydrogen (secondary N) is 1. The van der Waals surface area contributed by atoms with Crippen molar-refractivity contribution in [1.29, 1.82) is 0 Å². The molecule has 0 aliphatic carbocycles. The van der Waals surface area contributed by atoms with Crippen molar-refractivity contribution in [3.05, 3.63) is 29.8 Å². The quantitative estimate of drug-likeness (QED) is 0.324. The molecule has 124 valence electrons. The number of hydrogen-bond acceptors (Lipinski definition) is 6. The molecular formula is C14H15NO7S. The summed E-state index contributed by atoms with van der Waals surface area (Å²) >= 11 is 3.84. The number of aliphatic carboxylic acids is 2. The van der Waals surface area contributed by atoms with Gasteiger partial charge in [-0.1, -0.05) is 12.1 Å². The summed E-state index contributed by atoms with van der Waals surface area (Å²) in [5, 5.41) is 20.3. The van der Waals surface area contributed by atoms with Gasteiger partial charge in [-0.05, 0) is 12.1 Å². The molecule has 0 saturated carbocycles. The van der Waals surface area contributed by atoms with Crippen LogP contribution in [0, 0.1) is 0 Å². The molecule has 0 bridgehead atoms. The molecule has 9 heteroatoms. The van der Waals surface area contributed by atoms with Crippen molar-refractivity contribution in [3.8, 4) is 5.75 Å². The lowest BCUT2D eigenvalue weighted by Crippen LogP contribution is -2.57. The van der Waals surface area contributed by atoms with Gasteiger partial charge in [-0.15, -0.1) is 0 Å². The molecule has 0 aromatic heterocycles. The standard InChI is InChI=1S/C14H15NO7S/c1-8(16)22-10-5-3-2-4-9(10)12(19)15-14(7-23,13(20)21)6-11(17)18/h2-5,23H,6-7H2,1H3,(H,15,19)(H,17,18)(H,20,21)/t14-/m0/s1. The van der Waals surface area contributed by atoms with Crippen LogP contribution in [0.15, 0.2) is 24.3 Å². The van der Waals surface area contributed by atoms with Gasteiger partial charge in [0, 0.05) is 12.7 Å². The van der Waals surface area contributed by atoms with Crippen molar-refractivity contribution in [2.45, 2.75) is 18.9 Å². The molecule has 1 atom stereocenters. The molecule has 1 amide bonds. The minimum absolute atomic E-state index is 0.0636. The summed E-state index contributed by atoms with van der Waals surface area (Å²) < 4.78 is 4.87. The Labute approximate surface area is 136 Å². The number of para-hydroxylation sites is 1. The normalized spacial score (nSPS) is 12.8. The third-order valence-corrected chi connectivity index (χ3v) is 3.41. The second-order valence-electron chi connectivity index (χ2n) is 4.66. The number of thiol groups is 1. The summed E-state index contributed by atoms with van der Waals surface area (Å²) in [4.78, 5) is 45.7. The van der Waals surface area contributed by atoms with Gasteiger partial charge < -0.3 is 20.3 Å². The smallest absolute Gasteiger partial charge is 0.330 e. The Hall–Kier alpha value is -2.55. The van der Waals surface area contributed by atoms with Crippen LogP contribution in [-0.4, -0.2) is 45.3 Å². The molecule has 0 aliphatic rings. The highest BCUT2D eigenvalue weighted by Crippen LogP contribution is 2.21. The van der Waals surface area contributed by atoms with Crippen LogP contribution in [0.5, 0.6) is 5.75 Å². The Bertz CT molecular complexity index is 646. The monoisotopic (exact) mass is 341 g/mol. The molecule has 0 fully saturated rings. The molecule has 1 rings (SSSR count). The third kappa shape index (κ3) is 4.71. The average Bonchev–Trinajstić information content (AvgIpc) is 2.45. The van der Waals surface area contributed by atoms with Gasteiger partial charge in [-0.3, -0.25) is 14.4 Å². The first-order valence-electron chi connectivity index (χ1n) is 6.38. The Morgan fingerprint density at radius 1 is 1.22 bits per heavy atom. The molecule has 0 unspecified atom stereocenters. The van der Waals surface area contributed by atoms with E-state index < -0.39 is 41.5 Å². The predicted molar refractivity (Wildman–Crippen MR) is 81.7 cm³/mol. The fraction of sp³-hybridized carbons (Fsp3) is 0.286. The maximum atomic E-state index is 12.3. The van der Waals surface area contributed by atoms with E-state index >= 15 is 0 Å². The lowest BCUT2D eigenvalue weighted by molar-refractivity contribution is -0.149. The number of esters is 1. The molecular weight excluding hydrogens is 326 g/mol. The minimum atomic E-state index is -2.09. The highest BCUT2D eigenvalue weighted by Gasteiger charge is 2.41. The first kappa shape index (κ1) is 18.5. The summed E-state index contributed by atoms with van der Waals surface area (Å²) in [7, 11) is 0. The van der Waals surface area contributed by atoms with Crippen LogP contribution in [-0.2, 0) is 14.4 Å². The van der Waals surface area contributed by atoms with Crippen molar-refractivity contribution in [1.82, 2.24) is 5.32 Å². The molecule has 0 spiro atoms. The maximum Gasteiger partial charge on any atom is 0.330 e. The van der Waals surface area contributed by atoms with Crippen LogP contribution in [0.1, 0.15) is 23.7 Å². The highest BCUT2D eigenvalue weighted by atomic mass is 32.1. The van der Waals surface area contributed by atoms with Gasteiger partial charge in [-0.2, -0.15) is 12.6 Å². The van der Waals surface area contributed by atoms with Gasteiger partial charge >= 0.3 is 17.9 Å². The number of hydrogen-bond donors (Lipinski definition) is 4. The maximum absolute atomic E-state index is 12.3. The fourth-order valence-electron chi connectivity index (χ4n) is 1.78. The summed E-state index contributed by atoms with van der Waals surface area (Å²) in [5.74, 6) is -4.99. The third-order valence-electron chi connectivity index (χ3n) is 2.87. The molecule has 8 nitrogen and oxygen atoms in total. The van der Waals surface area contributed by atoms with Gasteiger partial charge in [0.25, 0.3) is 5.91 Å². The van der Waals surface area contributed by atoms with Gasteiger partial charge in [0.05, 0.1) is 12.0 Å². The summed E-state index contributed by atoms with van der Waals surface area (Å²) in [5.41, 5.74) is -2.18. The zero-order chi connectivity index (χ0) is 17.6. The van der Waals surface area contributed by atoms with E-state index in [9.17, 15) is 24.3 Å². The molecule has 1 aromatic rings. The number of carbonyl (C=O) groups is 4. The van der Waals surface area contributed by atoms with Crippen molar-refractivity contribution in [3.63, 3.8) is 0 Å². The average molecular weight is 341 g/mol. The Balaban J connectivity index is 3.16. The number of rotatable bonds is 7. The van der Waals surface area contributed by atoms with Crippen LogP contribution in [0.2, 0.25) is 0 Å². The van der Waals surface area contributed by atoms with Crippen LogP contribution in [0.25, 0.3) is 0 Å². The van der Waals surface area contributed by atoms with Gasteiger partial charge in [-0.25, -0.2) is 4.79 Å². The number of ether oxygens (including phenoxy) is 1. The van der Waals surface area contributed by atoms with E-state index in [0.717, 1.165) is 6.92 Å². The summed E-state index contributed by atoms with van der Waals surface area (Å²) in [6.07, 6.45) is -0.854. The molecule has 3 N–H and O–H groups in total. The van der Waals surface area contributed by atoms with E-state index in [1.54, 1.807) is 0 Å². The number of amides is 1. The van der Waals surface area contributed by atoms with E-state index in [0.29, 0.717) is 0 Å². The molecule has 1 aromatic carbocycles. The number of carboxylic acid groups (broad SMARTS) is 2. The highest BCUT2D eigenvalue weighted by molar-refractivity contribution is 7.80. The topological polar surface area (TPSA) is 130 Å². The van der Waals surface area contributed by atoms with Crippen molar-refractivity contribution in [2.75, 3.05) is 5.75 Å². The molecule has 23 heavy (non-hydrogen) atoms.